The van der Waals surface area contributed by atoms with Gasteiger partial charge in [0.15, 0.2) is 0 Å². The summed E-state index contributed by atoms with van der Waals surface area (Å²) < 4.78 is 90.6. The number of ether oxygens (including phenoxy) is 2. The average molecular weight is 424 g/mol. The first-order valence-electron chi connectivity index (χ1n) is 10.4. The number of rotatable bonds is 8. The third-order valence-corrected chi connectivity index (χ3v) is 7.17. The minimum absolute atomic E-state index is 0.0741. The second-order valence-electron chi connectivity index (χ2n) is 8.97. The molecule has 4 aliphatic rings. The van der Waals surface area contributed by atoms with Gasteiger partial charge in [-0.05, 0) is 74.0 Å². The van der Waals surface area contributed by atoms with Crippen molar-refractivity contribution in [1.82, 2.24) is 0 Å². The van der Waals surface area contributed by atoms with Crippen LogP contribution in [-0.2, 0) is 9.47 Å². The molecular weight excluding hydrogens is 398 g/mol. The molecule has 0 saturated heterocycles. The zero-order valence-electron chi connectivity index (χ0n) is 16.0. The molecule has 0 aliphatic heterocycles. The van der Waals surface area contributed by atoms with Gasteiger partial charge in [0.1, 0.15) is 0 Å². The Hall–Kier alpha value is -1.02. The maximum Gasteiger partial charge on any atom is 0.453 e. The van der Waals surface area contributed by atoms with Crippen molar-refractivity contribution in [2.24, 2.45) is 35.5 Å². The van der Waals surface area contributed by atoms with Crippen LogP contribution < -0.4 is 0 Å². The molecule has 4 rings (SSSR count). The van der Waals surface area contributed by atoms with Gasteiger partial charge in [0.05, 0.1) is 13.2 Å². The van der Waals surface area contributed by atoms with E-state index in [4.69, 9.17) is 0 Å². The fourth-order valence-electron chi connectivity index (χ4n) is 5.69. The van der Waals surface area contributed by atoms with Crippen molar-refractivity contribution in [2.45, 2.75) is 56.7 Å². The summed E-state index contributed by atoms with van der Waals surface area (Å²) in [6, 6.07) is 0. The van der Waals surface area contributed by atoms with Crippen molar-refractivity contribution in [2.75, 3.05) is 13.2 Å². The predicted molar refractivity (Wildman–Crippen MR) is 93.7 cm³/mol. The van der Waals surface area contributed by atoms with Gasteiger partial charge in [-0.2, -0.15) is 26.3 Å². The van der Waals surface area contributed by atoms with Gasteiger partial charge in [0.25, 0.3) is 0 Å². The van der Waals surface area contributed by atoms with E-state index in [0.717, 1.165) is 25.7 Å². The van der Waals surface area contributed by atoms with Gasteiger partial charge >= 0.3 is 18.1 Å². The van der Waals surface area contributed by atoms with Gasteiger partial charge in [0, 0.05) is 0 Å². The molecule has 4 aliphatic carbocycles. The summed E-state index contributed by atoms with van der Waals surface area (Å²) in [6.07, 6.45) is 0.577. The Balaban J connectivity index is 1.37. The van der Waals surface area contributed by atoms with Crippen LogP contribution in [0.15, 0.2) is 24.3 Å². The van der Waals surface area contributed by atoms with Crippen molar-refractivity contribution in [3.63, 3.8) is 0 Å². The molecule has 0 spiro atoms. The highest BCUT2D eigenvalue weighted by molar-refractivity contribution is 5.10. The van der Waals surface area contributed by atoms with E-state index in [9.17, 15) is 26.3 Å². The van der Waals surface area contributed by atoms with Gasteiger partial charge in [0.2, 0.25) is 0 Å². The Morgan fingerprint density at radius 2 is 1.03 bits per heavy atom. The third-order valence-electron chi connectivity index (χ3n) is 7.17. The van der Waals surface area contributed by atoms with Crippen molar-refractivity contribution in [3.8, 4) is 0 Å². The summed E-state index contributed by atoms with van der Waals surface area (Å²) in [5.74, 6) is -3.14. The van der Waals surface area contributed by atoms with Crippen molar-refractivity contribution >= 4 is 0 Å². The first-order chi connectivity index (χ1) is 13.6. The molecular formula is C21H26F6O2. The first kappa shape index (κ1) is 21.2. The molecule has 2 fully saturated rings. The summed E-state index contributed by atoms with van der Waals surface area (Å²) in [7, 11) is 0. The summed E-state index contributed by atoms with van der Waals surface area (Å²) in [5.41, 5.74) is 0. The normalized spacial score (nSPS) is 35.9. The van der Waals surface area contributed by atoms with Crippen molar-refractivity contribution < 1.29 is 35.8 Å². The standard InChI is InChI=1S/C21H26F6O2/c22-20(23,24)19(21(25,26)27,28-7-5-17-11-13-1-3-15(17)9-13)29-8-6-18-12-14-2-4-16(18)10-14/h1-4,13-18H,5-12H2. The third kappa shape index (κ3) is 3.99. The molecule has 0 aromatic rings. The number of halogens is 6. The highest BCUT2D eigenvalue weighted by Gasteiger charge is 2.74. The van der Waals surface area contributed by atoms with Crippen LogP contribution in [0.4, 0.5) is 26.3 Å². The molecule has 0 radical (unpaired) electrons. The number of hydrogen-bond acceptors (Lipinski definition) is 2. The molecule has 0 aromatic heterocycles. The molecule has 29 heavy (non-hydrogen) atoms. The van der Waals surface area contributed by atoms with Crippen LogP contribution in [0, 0.1) is 35.5 Å². The van der Waals surface area contributed by atoms with Crippen molar-refractivity contribution in [1.29, 1.82) is 0 Å². The predicted octanol–water partition coefficient (Wildman–Crippen LogP) is 6.05. The lowest BCUT2D eigenvalue weighted by molar-refractivity contribution is -0.469. The molecule has 0 amide bonds. The van der Waals surface area contributed by atoms with E-state index in [0.29, 0.717) is 11.8 Å². The second kappa shape index (κ2) is 7.59. The lowest BCUT2D eigenvalue weighted by Crippen LogP contribution is -2.61. The fourth-order valence-corrected chi connectivity index (χ4v) is 5.69. The Morgan fingerprint density at radius 3 is 1.31 bits per heavy atom. The van der Waals surface area contributed by atoms with Gasteiger partial charge in [-0.15, -0.1) is 0 Å². The average Bonchev–Trinajstić information content (AvgIpc) is 3.39. The SMILES string of the molecule is FC(F)(F)C(OCCC1CC2C=CC1C2)(OCCC1CC2C=CC1C2)C(F)(F)F. The lowest BCUT2D eigenvalue weighted by atomic mass is 9.91. The molecule has 0 aromatic carbocycles. The maximum atomic E-state index is 13.6. The monoisotopic (exact) mass is 424 g/mol. The minimum Gasteiger partial charge on any atom is -0.336 e. The largest absolute Gasteiger partial charge is 0.453 e. The quantitative estimate of drug-likeness (QED) is 0.269. The number of fused-ring (bicyclic) bond motifs is 4. The lowest BCUT2D eigenvalue weighted by Gasteiger charge is -2.37. The topological polar surface area (TPSA) is 18.5 Å². The Labute approximate surface area is 166 Å². The van der Waals surface area contributed by atoms with Crippen molar-refractivity contribution in [3.05, 3.63) is 24.3 Å². The molecule has 2 nitrogen and oxygen atoms in total. The van der Waals surface area contributed by atoms with Gasteiger partial charge in [-0.1, -0.05) is 24.3 Å². The van der Waals surface area contributed by atoms with Gasteiger partial charge in [-0.3, -0.25) is 0 Å². The van der Waals surface area contributed by atoms with Crippen LogP contribution >= 0.6 is 0 Å². The summed E-state index contributed by atoms with van der Waals surface area (Å²) in [5, 5.41) is 0. The first-order valence-corrected chi connectivity index (χ1v) is 10.4. The van der Waals surface area contributed by atoms with E-state index < -0.39 is 31.4 Å². The highest BCUT2D eigenvalue weighted by Crippen LogP contribution is 2.50. The summed E-state index contributed by atoms with van der Waals surface area (Å²) >= 11 is 0. The van der Waals surface area contributed by atoms with E-state index in [1.54, 1.807) is 0 Å². The van der Waals surface area contributed by atoms with E-state index in [1.807, 2.05) is 12.2 Å². The Morgan fingerprint density at radius 1 is 0.621 bits per heavy atom. The molecule has 164 valence electrons. The van der Waals surface area contributed by atoms with E-state index in [-0.39, 0.29) is 36.5 Å². The summed E-state index contributed by atoms with van der Waals surface area (Å²) in [4.78, 5) is 0. The van der Waals surface area contributed by atoms with Gasteiger partial charge in [-0.25, -0.2) is 0 Å². The smallest absolute Gasteiger partial charge is 0.336 e. The zero-order chi connectivity index (χ0) is 20.9. The van der Waals surface area contributed by atoms with Gasteiger partial charge < -0.3 is 9.47 Å². The minimum atomic E-state index is -5.70. The molecule has 8 heteroatoms. The fraction of sp³-hybridized carbons (Fsp3) is 0.810. The summed E-state index contributed by atoms with van der Waals surface area (Å²) in [6.45, 7) is -1.25. The van der Waals surface area contributed by atoms with Crippen LogP contribution in [0.5, 0.6) is 0 Å². The Kier molecular flexibility index (Phi) is 5.55. The van der Waals surface area contributed by atoms with E-state index in [1.165, 1.54) is 0 Å². The number of allylic oxidation sites excluding steroid dienone is 4. The van der Waals surface area contributed by atoms with Crippen LogP contribution in [0.25, 0.3) is 0 Å². The molecule has 2 saturated carbocycles. The molecule has 0 N–H and O–H groups in total. The Bertz CT molecular complexity index is 597. The van der Waals surface area contributed by atoms with Crippen LogP contribution in [-0.4, -0.2) is 31.4 Å². The van der Waals surface area contributed by atoms with Crippen LogP contribution in [0.2, 0.25) is 0 Å². The molecule has 6 atom stereocenters. The maximum absolute atomic E-state index is 13.6. The second-order valence-corrected chi connectivity index (χ2v) is 8.97. The molecule has 4 bridgehead atoms. The van der Waals surface area contributed by atoms with Crippen LogP contribution in [0.3, 0.4) is 0 Å². The molecule has 0 heterocycles. The zero-order valence-corrected chi connectivity index (χ0v) is 16.0. The number of hydrogen-bond donors (Lipinski definition) is 0. The highest BCUT2D eigenvalue weighted by atomic mass is 19.4. The van der Waals surface area contributed by atoms with E-state index >= 15 is 0 Å². The number of alkyl halides is 6. The molecule has 6 unspecified atom stereocenters. The van der Waals surface area contributed by atoms with E-state index in [2.05, 4.69) is 21.6 Å². The van der Waals surface area contributed by atoms with Crippen LogP contribution in [0.1, 0.15) is 38.5 Å².